The fraction of sp³-hybridized carbons (Fsp3) is 0.391. The van der Waals surface area contributed by atoms with Crippen molar-refractivity contribution in [2.45, 2.75) is 20.3 Å². The molecule has 2 amide bonds. The third-order valence-corrected chi connectivity index (χ3v) is 5.27. The van der Waals surface area contributed by atoms with Gasteiger partial charge in [-0.15, -0.1) is 0 Å². The number of nitrogens with zero attached hydrogens (tertiary/aromatic N) is 2. The van der Waals surface area contributed by atoms with Gasteiger partial charge in [-0.3, -0.25) is 9.59 Å². The van der Waals surface area contributed by atoms with Gasteiger partial charge in [-0.05, 0) is 49.2 Å². The number of ether oxygens (including phenoxy) is 1. The van der Waals surface area contributed by atoms with E-state index in [9.17, 15) is 9.59 Å². The Morgan fingerprint density at radius 3 is 2.38 bits per heavy atom. The molecular formula is C23H29N3O3. The lowest BCUT2D eigenvalue weighted by atomic mass is 10.1. The first kappa shape index (κ1) is 20.7. The third-order valence-electron chi connectivity index (χ3n) is 5.27. The minimum Gasteiger partial charge on any atom is -0.493 e. The summed E-state index contributed by atoms with van der Waals surface area (Å²) in [7, 11) is 0. The maximum absolute atomic E-state index is 12.4. The number of carbonyl (C=O) groups excluding carboxylic acids is 2. The van der Waals surface area contributed by atoms with Crippen LogP contribution in [0.25, 0.3) is 0 Å². The Bertz CT molecular complexity index is 831. The van der Waals surface area contributed by atoms with Crippen LogP contribution in [-0.2, 0) is 9.59 Å². The van der Waals surface area contributed by atoms with Crippen LogP contribution in [0.15, 0.2) is 48.5 Å². The number of amides is 2. The fourth-order valence-electron chi connectivity index (χ4n) is 3.29. The molecule has 1 N–H and O–H groups in total. The number of hydrogen-bond acceptors (Lipinski definition) is 4. The van der Waals surface area contributed by atoms with Crippen LogP contribution in [-0.4, -0.2) is 56.0 Å². The van der Waals surface area contributed by atoms with Gasteiger partial charge in [0, 0.05) is 31.9 Å². The van der Waals surface area contributed by atoms with Crippen LogP contribution in [0.3, 0.4) is 0 Å². The van der Waals surface area contributed by atoms with Gasteiger partial charge in [-0.25, -0.2) is 0 Å². The maximum atomic E-state index is 12.4. The van der Waals surface area contributed by atoms with Crippen LogP contribution in [0, 0.1) is 13.8 Å². The lowest BCUT2D eigenvalue weighted by molar-refractivity contribution is -0.133. The molecule has 29 heavy (non-hydrogen) atoms. The lowest BCUT2D eigenvalue weighted by Crippen LogP contribution is -2.51. The number of carbonyl (C=O) groups is 2. The summed E-state index contributed by atoms with van der Waals surface area (Å²) in [5.74, 6) is 0.541. The molecule has 0 saturated carbocycles. The summed E-state index contributed by atoms with van der Waals surface area (Å²) in [5, 5.41) is 2.71. The monoisotopic (exact) mass is 395 g/mol. The first-order valence-electron chi connectivity index (χ1n) is 10.1. The van der Waals surface area contributed by atoms with Crippen LogP contribution in [0.1, 0.15) is 17.5 Å². The molecule has 6 nitrogen and oxygen atoms in total. The van der Waals surface area contributed by atoms with E-state index in [0.29, 0.717) is 13.1 Å². The predicted molar refractivity (Wildman–Crippen MR) is 114 cm³/mol. The van der Waals surface area contributed by atoms with E-state index in [1.165, 1.54) is 11.3 Å². The molecule has 0 radical (unpaired) electrons. The highest BCUT2D eigenvalue weighted by Gasteiger charge is 2.21. The molecule has 0 unspecified atom stereocenters. The molecule has 0 spiro atoms. The van der Waals surface area contributed by atoms with Crippen molar-refractivity contribution in [3.05, 3.63) is 59.7 Å². The lowest BCUT2D eigenvalue weighted by Gasteiger charge is -2.36. The molecule has 0 atom stereocenters. The smallest absolute Gasteiger partial charge is 0.242 e. The van der Waals surface area contributed by atoms with Crippen molar-refractivity contribution in [1.29, 1.82) is 0 Å². The number of benzene rings is 2. The van der Waals surface area contributed by atoms with E-state index in [0.717, 1.165) is 24.4 Å². The quantitative estimate of drug-likeness (QED) is 0.783. The van der Waals surface area contributed by atoms with Gasteiger partial charge >= 0.3 is 0 Å². The van der Waals surface area contributed by atoms with E-state index in [4.69, 9.17) is 4.74 Å². The molecule has 0 bridgehead atoms. The van der Waals surface area contributed by atoms with Gasteiger partial charge in [-0.2, -0.15) is 0 Å². The van der Waals surface area contributed by atoms with Crippen LogP contribution in [0.5, 0.6) is 5.75 Å². The molecule has 1 saturated heterocycles. The Labute approximate surface area is 172 Å². The molecule has 6 heteroatoms. The molecule has 1 fully saturated rings. The molecular weight excluding hydrogens is 366 g/mol. The largest absolute Gasteiger partial charge is 0.493 e. The number of rotatable bonds is 7. The molecule has 1 aliphatic rings. The summed E-state index contributed by atoms with van der Waals surface area (Å²) in [5.41, 5.74) is 3.54. The Morgan fingerprint density at radius 2 is 1.69 bits per heavy atom. The van der Waals surface area contributed by atoms with E-state index in [1.807, 2.05) is 55.1 Å². The van der Waals surface area contributed by atoms with Crippen LogP contribution in [0.2, 0.25) is 0 Å². The molecule has 0 aliphatic carbocycles. The normalized spacial score (nSPS) is 13.9. The number of anilines is 1. The van der Waals surface area contributed by atoms with Gasteiger partial charge in [0.05, 0.1) is 19.6 Å². The number of para-hydroxylation sites is 1. The van der Waals surface area contributed by atoms with Gasteiger partial charge in [0.2, 0.25) is 11.8 Å². The van der Waals surface area contributed by atoms with Gasteiger partial charge in [0.15, 0.2) is 0 Å². The number of aryl methyl sites for hydroxylation is 2. The number of piperazine rings is 1. The third kappa shape index (κ3) is 5.98. The average Bonchev–Trinajstić information content (AvgIpc) is 2.75. The summed E-state index contributed by atoms with van der Waals surface area (Å²) in [6.07, 6.45) is 0.224. The molecule has 154 valence electrons. The topological polar surface area (TPSA) is 61.9 Å². The van der Waals surface area contributed by atoms with E-state index in [-0.39, 0.29) is 31.4 Å². The van der Waals surface area contributed by atoms with Crippen LogP contribution in [0.4, 0.5) is 5.69 Å². The highest BCUT2D eigenvalue weighted by Crippen LogP contribution is 2.17. The van der Waals surface area contributed by atoms with Crippen molar-refractivity contribution >= 4 is 17.5 Å². The van der Waals surface area contributed by atoms with E-state index >= 15 is 0 Å². The van der Waals surface area contributed by atoms with E-state index in [2.05, 4.69) is 22.3 Å². The molecule has 2 aromatic carbocycles. The van der Waals surface area contributed by atoms with Gasteiger partial charge < -0.3 is 19.9 Å². The van der Waals surface area contributed by atoms with Crippen LogP contribution < -0.4 is 15.0 Å². The average molecular weight is 396 g/mol. The van der Waals surface area contributed by atoms with E-state index < -0.39 is 0 Å². The number of hydrogen-bond donors (Lipinski definition) is 1. The van der Waals surface area contributed by atoms with Gasteiger partial charge in [-0.1, -0.05) is 24.3 Å². The Hall–Kier alpha value is -3.02. The summed E-state index contributed by atoms with van der Waals surface area (Å²) in [4.78, 5) is 28.5. The molecule has 3 rings (SSSR count). The van der Waals surface area contributed by atoms with Crippen molar-refractivity contribution < 1.29 is 14.3 Å². The molecule has 1 heterocycles. The molecule has 1 aliphatic heterocycles. The summed E-state index contributed by atoms with van der Waals surface area (Å²) in [6.45, 7) is 7.33. The summed E-state index contributed by atoms with van der Waals surface area (Å²) >= 11 is 0. The standard InChI is InChI=1S/C23H29N3O3/c1-18-8-9-21(16-19(18)2)29-15-10-22(27)24-17-23(28)26-13-11-25(12-14-26)20-6-4-3-5-7-20/h3-9,16H,10-15,17H2,1-2H3,(H,24,27). The zero-order valence-electron chi connectivity index (χ0n) is 17.2. The zero-order valence-corrected chi connectivity index (χ0v) is 17.2. The fourth-order valence-corrected chi connectivity index (χ4v) is 3.29. The van der Waals surface area contributed by atoms with Crippen molar-refractivity contribution in [2.75, 3.05) is 44.2 Å². The molecule has 2 aromatic rings. The highest BCUT2D eigenvalue weighted by molar-refractivity contribution is 5.85. The Morgan fingerprint density at radius 1 is 0.966 bits per heavy atom. The predicted octanol–water partition coefficient (Wildman–Crippen LogP) is 2.54. The number of nitrogens with one attached hydrogen (secondary N) is 1. The van der Waals surface area contributed by atoms with Crippen molar-refractivity contribution in [3.8, 4) is 5.75 Å². The second-order valence-electron chi connectivity index (χ2n) is 7.32. The first-order chi connectivity index (χ1) is 14.0. The van der Waals surface area contributed by atoms with Gasteiger partial charge in [0.25, 0.3) is 0 Å². The van der Waals surface area contributed by atoms with Crippen molar-refractivity contribution in [2.24, 2.45) is 0 Å². The SMILES string of the molecule is Cc1ccc(OCCC(=O)NCC(=O)N2CCN(c3ccccc3)CC2)cc1C. The van der Waals surface area contributed by atoms with Gasteiger partial charge in [0.1, 0.15) is 5.75 Å². The van der Waals surface area contributed by atoms with Crippen LogP contribution >= 0.6 is 0 Å². The zero-order chi connectivity index (χ0) is 20.6. The second-order valence-corrected chi connectivity index (χ2v) is 7.32. The maximum Gasteiger partial charge on any atom is 0.242 e. The first-order valence-corrected chi connectivity index (χ1v) is 10.1. The Kier molecular flexibility index (Phi) is 7.11. The van der Waals surface area contributed by atoms with Crippen molar-refractivity contribution in [1.82, 2.24) is 10.2 Å². The highest BCUT2D eigenvalue weighted by atomic mass is 16.5. The summed E-state index contributed by atoms with van der Waals surface area (Å²) in [6, 6.07) is 16.1. The molecule has 0 aromatic heterocycles. The minimum absolute atomic E-state index is 0.0355. The van der Waals surface area contributed by atoms with Crippen molar-refractivity contribution in [3.63, 3.8) is 0 Å². The van der Waals surface area contributed by atoms with E-state index in [1.54, 1.807) is 0 Å². The second kappa shape index (κ2) is 9.96. The Balaban J connectivity index is 1.34. The summed E-state index contributed by atoms with van der Waals surface area (Å²) < 4.78 is 5.63. The minimum atomic E-state index is -0.176.